The number of amides is 2. The average Bonchev–Trinajstić information content (AvgIpc) is 2.96. The fourth-order valence-corrected chi connectivity index (χ4v) is 2.05. The van der Waals surface area contributed by atoms with Crippen molar-refractivity contribution < 1.29 is 18.3 Å². The van der Waals surface area contributed by atoms with Crippen LogP contribution in [0.4, 0.5) is 19.3 Å². The Kier molecular flexibility index (Phi) is 4.24. The molecule has 2 amide bonds. The number of nitrogens with zero attached hydrogens (tertiary/aromatic N) is 2. The second kappa shape index (κ2) is 6.49. The zero-order valence-electron chi connectivity index (χ0n) is 11.9. The molecule has 2 aromatic rings. The van der Waals surface area contributed by atoms with Gasteiger partial charge in [-0.3, -0.25) is 0 Å². The zero-order valence-corrected chi connectivity index (χ0v) is 11.9. The van der Waals surface area contributed by atoms with Gasteiger partial charge in [-0.15, -0.1) is 5.43 Å². The van der Waals surface area contributed by atoms with E-state index in [1.54, 1.807) is 18.2 Å². The van der Waals surface area contributed by atoms with Crippen LogP contribution in [-0.2, 0) is 6.42 Å². The first kappa shape index (κ1) is 15.0. The number of ether oxygens (including phenoxy) is 1. The Morgan fingerprint density at radius 2 is 1.91 bits per heavy atom. The molecule has 1 aliphatic heterocycles. The van der Waals surface area contributed by atoms with Crippen LogP contribution in [0.5, 0.6) is 5.75 Å². The number of hydrazine groups is 2. The molecule has 0 spiro atoms. The molecule has 0 aliphatic carbocycles. The third kappa shape index (κ3) is 3.67. The van der Waals surface area contributed by atoms with E-state index in [0.29, 0.717) is 18.8 Å². The normalized spacial score (nSPS) is 13.7. The number of carbonyl (C=O) groups excluding carboxylic acids is 1. The van der Waals surface area contributed by atoms with Gasteiger partial charge in [-0.2, -0.15) is 5.12 Å². The molecule has 3 rings (SSSR count). The molecule has 8 heteroatoms. The van der Waals surface area contributed by atoms with E-state index in [1.807, 2.05) is 0 Å². The number of hydrogen-bond acceptors (Lipinski definition) is 4. The molecule has 0 aromatic heterocycles. The minimum atomic E-state index is -0.607. The van der Waals surface area contributed by atoms with Gasteiger partial charge in [0.1, 0.15) is 17.3 Å². The number of hydrogen-bond donors (Lipinski definition) is 2. The van der Waals surface area contributed by atoms with Crippen molar-refractivity contribution in [3.63, 3.8) is 0 Å². The van der Waals surface area contributed by atoms with Crippen molar-refractivity contribution in [1.82, 2.24) is 16.4 Å². The molecule has 2 N–H and O–H groups in total. The summed E-state index contributed by atoms with van der Waals surface area (Å²) in [6, 6.07) is 9.75. The molecule has 0 bridgehead atoms. The molecule has 0 unspecified atom stereocenters. The maximum atomic E-state index is 14.0. The summed E-state index contributed by atoms with van der Waals surface area (Å²) in [4.78, 5) is 10.9. The molecule has 0 atom stereocenters. The summed E-state index contributed by atoms with van der Waals surface area (Å²) in [5.41, 5.74) is 9.03. The number of halogens is 2. The zero-order chi connectivity index (χ0) is 16.2. The molecule has 1 radical (unpaired) electrons. The topological polar surface area (TPSA) is 67.7 Å². The molecular weight excluding hydrogens is 306 g/mol. The van der Waals surface area contributed by atoms with Crippen LogP contribution in [0.25, 0.3) is 0 Å². The smallest absolute Gasteiger partial charge is 0.374 e. The minimum absolute atomic E-state index is 0.116. The number of nitrogens with one attached hydrogen (secondary N) is 2. The predicted molar refractivity (Wildman–Crippen MR) is 78.3 cm³/mol. The summed E-state index contributed by atoms with van der Waals surface area (Å²) < 4.78 is 32.3. The lowest BCUT2D eigenvalue weighted by Crippen LogP contribution is -2.39. The quantitative estimate of drug-likeness (QED) is 0.885. The molecule has 1 fully saturated rings. The van der Waals surface area contributed by atoms with Crippen molar-refractivity contribution in [3.8, 4) is 5.75 Å². The summed E-state index contributed by atoms with van der Waals surface area (Å²) in [6.07, 6.45) is 0.576. The third-order valence-electron chi connectivity index (χ3n) is 3.19. The van der Waals surface area contributed by atoms with Crippen LogP contribution in [0.3, 0.4) is 0 Å². The van der Waals surface area contributed by atoms with Crippen LogP contribution in [0.1, 0.15) is 5.56 Å². The van der Waals surface area contributed by atoms with Crippen molar-refractivity contribution in [3.05, 3.63) is 59.7 Å². The Labute approximate surface area is 131 Å². The Bertz CT molecular complexity index is 709. The molecule has 2 aromatic carbocycles. The van der Waals surface area contributed by atoms with Gasteiger partial charge in [0.2, 0.25) is 0 Å². The minimum Gasteiger partial charge on any atom is -0.493 e. The van der Waals surface area contributed by atoms with E-state index < -0.39 is 11.8 Å². The maximum Gasteiger partial charge on any atom is 0.374 e. The van der Waals surface area contributed by atoms with Gasteiger partial charge < -0.3 is 4.74 Å². The van der Waals surface area contributed by atoms with Crippen molar-refractivity contribution in [1.29, 1.82) is 0 Å². The number of benzene rings is 2. The lowest BCUT2D eigenvalue weighted by atomic mass is 10.2. The van der Waals surface area contributed by atoms with E-state index in [9.17, 15) is 13.6 Å². The number of anilines is 1. The number of carbonyl (C=O) groups is 1. The summed E-state index contributed by atoms with van der Waals surface area (Å²) >= 11 is 0. The monoisotopic (exact) mass is 319 g/mol. The van der Waals surface area contributed by atoms with E-state index in [4.69, 9.17) is 4.74 Å². The molecule has 1 saturated heterocycles. The van der Waals surface area contributed by atoms with Crippen molar-refractivity contribution in [2.45, 2.75) is 6.42 Å². The van der Waals surface area contributed by atoms with Gasteiger partial charge in [-0.25, -0.2) is 19.0 Å². The van der Waals surface area contributed by atoms with Crippen LogP contribution >= 0.6 is 0 Å². The van der Waals surface area contributed by atoms with Gasteiger partial charge in [-0.05, 0) is 29.8 Å². The van der Waals surface area contributed by atoms with E-state index in [1.165, 1.54) is 24.3 Å². The third-order valence-corrected chi connectivity index (χ3v) is 3.19. The summed E-state index contributed by atoms with van der Waals surface area (Å²) in [7, 11) is 0. The lowest BCUT2D eigenvalue weighted by Gasteiger charge is -2.16. The van der Waals surface area contributed by atoms with Crippen LogP contribution in [-0.4, -0.2) is 12.6 Å². The van der Waals surface area contributed by atoms with Gasteiger partial charge in [0.05, 0.1) is 6.61 Å². The largest absolute Gasteiger partial charge is 0.493 e. The van der Waals surface area contributed by atoms with E-state index in [0.717, 1.165) is 10.7 Å². The second-order valence-corrected chi connectivity index (χ2v) is 4.80. The van der Waals surface area contributed by atoms with Gasteiger partial charge in [-0.1, -0.05) is 17.7 Å². The summed E-state index contributed by atoms with van der Waals surface area (Å²) in [5.74, 6) is -0.508. The van der Waals surface area contributed by atoms with Crippen LogP contribution < -0.4 is 26.2 Å². The maximum absolute atomic E-state index is 14.0. The highest BCUT2D eigenvalue weighted by atomic mass is 19.1. The van der Waals surface area contributed by atoms with Crippen molar-refractivity contribution in [2.75, 3.05) is 11.7 Å². The number of rotatable bonds is 5. The molecule has 119 valence electrons. The Balaban J connectivity index is 1.57. The molecule has 0 saturated carbocycles. The Morgan fingerprint density at radius 1 is 1.13 bits per heavy atom. The van der Waals surface area contributed by atoms with Gasteiger partial charge in [0.15, 0.2) is 5.82 Å². The van der Waals surface area contributed by atoms with Gasteiger partial charge in [0.25, 0.3) is 0 Å². The van der Waals surface area contributed by atoms with E-state index >= 15 is 0 Å². The fourth-order valence-electron chi connectivity index (χ4n) is 2.05. The predicted octanol–water partition coefficient (Wildman–Crippen LogP) is 2.05. The standard InChI is InChI=1S/C15H13F2N4O2/c16-11-3-1-10(2-4-11)7-8-23-12-5-6-14(13(17)9-12)21-19-15(22)18-20-21/h1-6,9,20H,7-8H2,(H,19,22). The highest BCUT2D eigenvalue weighted by Crippen LogP contribution is 2.23. The fraction of sp³-hybridized carbons (Fsp3) is 0.133. The second-order valence-electron chi connectivity index (χ2n) is 4.80. The SMILES string of the molecule is O=C1[N]NN(c2ccc(OCCc3ccc(F)cc3)cc2F)N1. The van der Waals surface area contributed by atoms with Crippen LogP contribution in [0.2, 0.25) is 0 Å². The molecule has 1 aliphatic rings. The molecular formula is C15H13F2N4O2. The van der Waals surface area contributed by atoms with E-state index in [-0.39, 0.29) is 11.5 Å². The molecule has 6 nitrogen and oxygen atoms in total. The van der Waals surface area contributed by atoms with Crippen molar-refractivity contribution >= 4 is 11.7 Å². The van der Waals surface area contributed by atoms with Crippen LogP contribution in [0, 0.1) is 11.6 Å². The Morgan fingerprint density at radius 3 is 2.57 bits per heavy atom. The van der Waals surface area contributed by atoms with E-state index in [2.05, 4.69) is 16.4 Å². The first-order valence-electron chi connectivity index (χ1n) is 6.86. The highest BCUT2D eigenvalue weighted by molar-refractivity contribution is 5.77. The first-order valence-corrected chi connectivity index (χ1v) is 6.86. The Hall–Kier alpha value is -2.87. The van der Waals surface area contributed by atoms with Crippen molar-refractivity contribution in [2.24, 2.45) is 0 Å². The van der Waals surface area contributed by atoms with Gasteiger partial charge in [0, 0.05) is 12.5 Å². The first-order chi connectivity index (χ1) is 11.1. The molecule has 1 heterocycles. The lowest BCUT2D eigenvalue weighted by molar-refractivity contribution is 0.246. The number of urea groups is 1. The summed E-state index contributed by atoms with van der Waals surface area (Å²) in [5, 5.41) is 1.07. The molecule has 23 heavy (non-hydrogen) atoms. The van der Waals surface area contributed by atoms with Gasteiger partial charge >= 0.3 is 6.03 Å². The van der Waals surface area contributed by atoms with Crippen LogP contribution in [0.15, 0.2) is 42.5 Å². The highest BCUT2D eigenvalue weighted by Gasteiger charge is 2.22. The summed E-state index contributed by atoms with van der Waals surface area (Å²) in [6.45, 7) is 0.332. The average molecular weight is 319 g/mol.